The Morgan fingerprint density at radius 1 is 0.833 bits per heavy atom. The molecule has 1 fully saturated rings. The molecule has 2 unspecified atom stereocenters. The molecule has 1 aromatic carbocycles. The van der Waals surface area contributed by atoms with E-state index in [0.717, 1.165) is 0 Å². The van der Waals surface area contributed by atoms with Crippen molar-refractivity contribution in [2.45, 2.75) is 6.10 Å². The van der Waals surface area contributed by atoms with E-state index in [0.29, 0.717) is 58.1 Å². The molecule has 0 saturated carbocycles. The predicted octanol–water partition coefficient (Wildman–Crippen LogP) is -0.559. The zero-order valence-electron chi connectivity index (χ0n) is 20.2. The van der Waals surface area contributed by atoms with Crippen LogP contribution < -0.4 is 4.74 Å². The molecule has 14 heteroatoms. The maximum atomic E-state index is 11.4. The van der Waals surface area contributed by atoms with Crippen LogP contribution in [-0.4, -0.2) is 143 Å². The van der Waals surface area contributed by atoms with Crippen LogP contribution in [0, 0.1) is 0 Å². The minimum absolute atomic E-state index is 0.0836. The van der Waals surface area contributed by atoms with E-state index in [2.05, 4.69) is 0 Å². The third kappa shape index (κ3) is 13.2. The molecule has 4 N–H and O–H groups in total. The van der Waals surface area contributed by atoms with Crippen LogP contribution in [0.4, 0.5) is 0 Å². The van der Waals surface area contributed by atoms with E-state index >= 15 is 0 Å². The molecule has 0 bridgehead atoms. The van der Waals surface area contributed by atoms with Gasteiger partial charge in [0.25, 0.3) is 0 Å². The van der Waals surface area contributed by atoms with Gasteiger partial charge in [0.1, 0.15) is 18.5 Å². The number of ether oxygens (including phenoxy) is 1. The summed E-state index contributed by atoms with van der Waals surface area (Å²) in [7, 11) is -2.79. The highest BCUT2D eigenvalue weighted by atomic mass is 31.1. The molecule has 1 saturated heterocycles. The number of aliphatic carboxylic acids is 2. The number of rotatable bonds is 12. The molecule has 202 valence electrons. The van der Waals surface area contributed by atoms with Crippen molar-refractivity contribution in [3.63, 3.8) is 0 Å². The van der Waals surface area contributed by atoms with E-state index in [1.54, 1.807) is 26.8 Å². The Labute approximate surface area is 211 Å². The number of para-hydroxylation sites is 1. The second-order valence-corrected chi connectivity index (χ2v) is 9.27. The van der Waals surface area contributed by atoms with Gasteiger partial charge >= 0.3 is 20.2 Å². The zero-order chi connectivity index (χ0) is 26.3. The Bertz CT molecular complexity index is 788. The van der Waals surface area contributed by atoms with Gasteiger partial charge < -0.3 is 20.1 Å². The highest BCUT2D eigenvalue weighted by molar-refractivity contribution is 7.32. The van der Waals surface area contributed by atoms with Gasteiger partial charge in [0.15, 0.2) is 6.73 Å². The number of carbonyl (C=O) groups is 2. The van der Waals surface area contributed by atoms with Crippen LogP contribution in [0.1, 0.15) is 0 Å². The molecule has 2 atom stereocenters. The summed E-state index contributed by atoms with van der Waals surface area (Å²) in [6.07, 6.45) is -0.799. The van der Waals surface area contributed by atoms with Gasteiger partial charge in [-0.25, -0.2) is 0 Å². The number of aliphatic hydroxyl groups excluding tert-OH is 1. The molecule has 0 radical (unpaired) electrons. The topological polar surface area (TPSA) is 164 Å². The molecular weight excluding hydrogens is 495 g/mol. The van der Waals surface area contributed by atoms with Gasteiger partial charge in [-0.05, 0) is 12.1 Å². The van der Waals surface area contributed by atoms with E-state index in [4.69, 9.17) is 14.2 Å². The molecule has 0 amide bonds. The van der Waals surface area contributed by atoms with Crippen LogP contribution in [-0.2, 0) is 18.7 Å². The molecule has 36 heavy (non-hydrogen) atoms. The average Bonchev–Trinajstić information content (AvgIpc) is 2.82. The highest BCUT2D eigenvalue weighted by Crippen LogP contribution is 2.15. The lowest BCUT2D eigenvalue weighted by Gasteiger charge is -2.33. The lowest BCUT2D eigenvalue weighted by molar-refractivity contribution is -0.139. The lowest BCUT2D eigenvalue weighted by atomic mass is 10.3. The van der Waals surface area contributed by atoms with Gasteiger partial charge in [0.2, 0.25) is 0 Å². The fourth-order valence-corrected chi connectivity index (χ4v) is 4.04. The number of β-amino-alcohol motifs (C(OH)–C–C–N with tert-alkyl or cyclic N) is 1. The van der Waals surface area contributed by atoms with Crippen LogP contribution in [0.15, 0.2) is 30.3 Å². The minimum atomic E-state index is -2.79. The monoisotopic (exact) mass is 531 g/mol. The van der Waals surface area contributed by atoms with E-state index in [-0.39, 0.29) is 33.0 Å². The number of aliphatic hydroxyl groups is 1. The maximum Gasteiger partial charge on any atom is 0.696 e. The molecule has 1 heterocycles. The standard InChI is InChI=1S/C22H35N4O9P/c27-19(17-34-20-4-2-1-3-5-20)14-23-6-8-24(15-21(28)29)10-12-26(18-35-36(32)33)13-11-25(9-7-23)16-22(30)31/h1-5,19,27H,6-18H2,(H2-,28,29,30,31,32,33)/p+1. The second-order valence-electron chi connectivity index (χ2n) is 8.53. The van der Waals surface area contributed by atoms with Gasteiger partial charge in [0, 0.05) is 63.5 Å². The summed E-state index contributed by atoms with van der Waals surface area (Å²) in [6, 6.07) is 9.13. The average molecular weight is 532 g/mol. The van der Waals surface area contributed by atoms with Crippen molar-refractivity contribution in [2.75, 3.05) is 85.3 Å². The summed E-state index contributed by atoms with van der Waals surface area (Å²) >= 11 is 0. The van der Waals surface area contributed by atoms with Crippen molar-refractivity contribution in [3.8, 4) is 5.75 Å². The van der Waals surface area contributed by atoms with Crippen LogP contribution in [0.2, 0.25) is 0 Å². The number of carboxylic acids is 2. The summed E-state index contributed by atoms with van der Waals surface area (Å²) in [5, 5.41) is 29.2. The molecule has 1 aliphatic heterocycles. The Morgan fingerprint density at radius 2 is 1.31 bits per heavy atom. The van der Waals surface area contributed by atoms with Crippen molar-refractivity contribution in [3.05, 3.63) is 30.3 Å². The minimum Gasteiger partial charge on any atom is -0.491 e. The van der Waals surface area contributed by atoms with Gasteiger partial charge in [0.05, 0.1) is 13.1 Å². The van der Waals surface area contributed by atoms with Gasteiger partial charge in [-0.1, -0.05) is 18.2 Å². The molecule has 0 aliphatic carbocycles. The number of nitrogens with zero attached hydrogens (tertiary/aromatic N) is 4. The SMILES string of the molecule is O=C(O)CN1CCN(CO[P+](=O)O)CCN(CC(=O)O)CCN(CC(O)COc2ccccc2)CC1. The van der Waals surface area contributed by atoms with E-state index in [1.807, 2.05) is 23.1 Å². The first kappa shape index (κ1) is 30.0. The first-order chi connectivity index (χ1) is 17.2. The number of benzene rings is 1. The molecular formula is C22H36N4O9P+. The van der Waals surface area contributed by atoms with Crippen molar-refractivity contribution >= 4 is 20.2 Å². The molecule has 1 aliphatic rings. The summed E-state index contributed by atoms with van der Waals surface area (Å²) in [4.78, 5) is 39.0. The third-order valence-electron chi connectivity index (χ3n) is 5.65. The summed E-state index contributed by atoms with van der Waals surface area (Å²) in [6.45, 7) is 3.05. The third-order valence-corrected chi connectivity index (χ3v) is 5.99. The summed E-state index contributed by atoms with van der Waals surface area (Å²) in [5.74, 6) is -1.30. The van der Waals surface area contributed by atoms with Gasteiger partial charge in [-0.3, -0.25) is 29.2 Å². The molecule has 2 rings (SSSR count). The quantitative estimate of drug-likeness (QED) is 0.254. The van der Waals surface area contributed by atoms with Crippen LogP contribution in [0.25, 0.3) is 0 Å². The molecule has 0 aromatic heterocycles. The zero-order valence-corrected chi connectivity index (χ0v) is 21.1. The largest absolute Gasteiger partial charge is 0.696 e. The summed E-state index contributed by atoms with van der Waals surface area (Å²) in [5.41, 5.74) is 0. The van der Waals surface area contributed by atoms with Crippen molar-refractivity contribution in [1.82, 2.24) is 19.6 Å². The Hall–Kier alpha value is -2.22. The van der Waals surface area contributed by atoms with Crippen LogP contribution in [0.3, 0.4) is 0 Å². The first-order valence-electron chi connectivity index (χ1n) is 11.7. The lowest BCUT2D eigenvalue weighted by Crippen LogP contribution is -2.49. The second kappa shape index (κ2) is 16.5. The molecule has 0 spiro atoms. The Morgan fingerprint density at radius 3 is 1.78 bits per heavy atom. The summed E-state index contributed by atoms with van der Waals surface area (Å²) < 4.78 is 21.4. The fourth-order valence-electron chi connectivity index (χ4n) is 3.78. The van der Waals surface area contributed by atoms with E-state index < -0.39 is 26.3 Å². The highest BCUT2D eigenvalue weighted by Gasteiger charge is 2.22. The number of hydrogen-bond acceptors (Lipinski definition) is 10. The smallest absolute Gasteiger partial charge is 0.491 e. The normalized spacial score (nSPS) is 19.1. The van der Waals surface area contributed by atoms with Crippen LogP contribution >= 0.6 is 8.25 Å². The van der Waals surface area contributed by atoms with Crippen molar-refractivity contribution < 1.29 is 43.6 Å². The van der Waals surface area contributed by atoms with E-state index in [1.165, 1.54) is 0 Å². The molecule has 13 nitrogen and oxygen atoms in total. The predicted molar refractivity (Wildman–Crippen MR) is 130 cm³/mol. The van der Waals surface area contributed by atoms with Crippen molar-refractivity contribution in [2.24, 2.45) is 0 Å². The molecule has 1 aromatic rings. The number of carboxylic acid groups (broad SMARTS) is 2. The Kier molecular flexibility index (Phi) is 13.8. The van der Waals surface area contributed by atoms with Crippen molar-refractivity contribution in [1.29, 1.82) is 0 Å². The fraction of sp³-hybridized carbons (Fsp3) is 0.636. The van der Waals surface area contributed by atoms with Gasteiger partial charge in [-0.2, -0.15) is 0 Å². The first-order valence-corrected chi connectivity index (χ1v) is 12.8. The number of hydrogen-bond donors (Lipinski definition) is 4. The van der Waals surface area contributed by atoms with Gasteiger partial charge in [-0.15, -0.1) is 9.42 Å². The van der Waals surface area contributed by atoms with E-state index in [9.17, 15) is 29.5 Å². The maximum absolute atomic E-state index is 11.4. The Balaban J connectivity index is 2.05. The van der Waals surface area contributed by atoms with Crippen LogP contribution in [0.5, 0.6) is 5.75 Å².